The van der Waals surface area contributed by atoms with E-state index in [1.54, 1.807) is 0 Å². The van der Waals surface area contributed by atoms with E-state index in [4.69, 9.17) is 14.3 Å². The fraction of sp³-hybridized carbons (Fsp3) is 0.583. The lowest BCUT2D eigenvalue weighted by Crippen LogP contribution is -2.45. The Balaban J connectivity index is 1.83. The Hall–Kier alpha value is -1.37. The Bertz CT molecular complexity index is 430. The first-order chi connectivity index (χ1) is 8.51. The number of rotatable bonds is 5. The third kappa shape index (κ3) is 2.72. The fourth-order valence-electron chi connectivity index (χ4n) is 1.99. The third-order valence-electron chi connectivity index (χ3n) is 3.29. The van der Waals surface area contributed by atoms with Crippen LogP contribution < -0.4 is 5.32 Å². The van der Waals surface area contributed by atoms with Crippen molar-refractivity contribution in [2.45, 2.75) is 31.6 Å². The van der Waals surface area contributed by atoms with Crippen molar-refractivity contribution >= 4 is 5.97 Å². The second kappa shape index (κ2) is 5.09. The molecule has 6 nitrogen and oxygen atoms in total. The summed E-state index contributed by atoms with van der Waals surface area (Å²) >= 11 is 0. The van der Waals surface area contributed by atoms with Crippen LogP contribution in [0.5, 0.6) is 0 Å². The minimum Gasteiger partial charge on any atom is -0.478 e. The maximum Gasteiger partial charge on any atom is 0.338 e. The van der Waals surface area contributed by atoms with Crippen LogP contribution in [0.4, 0.5) is 0 Å². The lowest BCUT2D eigenvalue weighted by atomic mass is 9.97. The van der Waals surface area contributed by atoms with E-state index in [-0.39, 0.29) is 11.7 Å². The topological polar surface area (TPSA) is 91.9 Å². The van der Waals surface area contributed by atoms with Crippen LogP contribution in [0, 0.1) is 0 Å². The van der Waals surface area contributed by atoms with Crippen LogP contribution in [0.25, 0.3) is 0 Å². The van der Waals surface area contributed by atoms with Gasteiger partial charge in [0.05, 0.1) is 18.2 Å². The molecule has 0 bridgehead atoms. The van der Waals surface area contributed by atoms with Gasteiger partial charge in [-0.1, -0.05) is 0 Å². The minimum atomic E-state index is -1.01. The molecule has 1 aliphatic rings. The van der Waals surface area contributed by atoms with Gasteiger partial charge < -0.3 is 24.7 Å². The van der Waals surface area contributed by atoms with Crippen molar-refractivity contribution < 1.29 is 24.2 Å². The van der Waals surface area contributed by atoms with Gasteiger partial charge in [0.2, 0.25) is 0 Å². The molecule has 0 aromatic carbocycles. The number of nitrogens with one attached hydrogen (secondary N) is 1. The van der Waals surface area contributed by atoms with Crippen molar-refractivity contribution in [3.8, 4) is 0 Å². The van der Waals surface area contributed by atoms with E-state index in [1.807, 2.05) is 6.92 Å². The van der Waals surface area contributed by atoms with Crippen LogP contribution >= 0.6 is 0 Å². The monoisotopic (exact) mass is 255 g/mol. The minimum absolute atomic E-state index is 0.128. The Morgan fingerprint density at radius 2 is 2.44 bits per heavy atom. The zero-order chi connectivity index (χ0) is 13.2. The van der Waals surface area contributed by atoms with Gasteiger partial charge in [-0.3, -0.25) is 0 Å². The molecule has 1 aromatic heterocycles. The van der Waals surface area contributed by atoms with Crippen molar-refractivity contribution in [3.63, 3.8) is 0 Å². The molecule has 0 spiro atoms. The average Bonchev–Trinajstić information content (AvgIpc) is 2.88. The molecule has 1 aliphatic heterocycles. The normalized spacial score (nSPS) is 27.6. The summed E-state index contributed by atoms with van der Waals surface area (Å²) in [5, 5.41) is 22.0. The highest BCUT2D eigenvalue weighted by atomic mass is 16.5. The molecular formula is C12H17NO5. The number of hydrogen-bond donors (Lipinski definition) is 3. The summed E-state index contributed by atoms with van der Waals surface area (Å²) in [6.45, 7) is 3.16. The number of ether oxygens (including phenoxy) is 1. The summed E-state index contributed by atoms with van der Waals surface area (Å²) < 4.78 is 10.4. The zero-order valence-corrected chi connectivity index (χ0v) is 10.2. The van der Waals surface area contributed by atoms with E-state index in [0.29, 0.717) is 31.9 Å². The van der Waals surface area contributed by atoms with E-state index < -0.39 is 11.6 Å². The van der Waals surface area contributed by atoms with E-state index in [2.05, 4.69) is 5.32 Å². The van der Waals surface area contributed by atoms with Gasteiger partial charge >= 0.3 is 5.97 Å². The van der Waals surface area contributed by atoms with Gasteiger partial charge in [-0.15, -0.1) is 0 Å². The lowest BCUT2D eigenvalue weighted by Gasteiger charge is -2.26. The molecule has 0 radical (unpaired) electrons. The van der Waals surface area contributed by atoms with Crippen LogP contribution in [-0.4, -0.2) is 41.0 Å². The molecule has 2 heterocycles. The summed E-state index contributed by atoms with van der Waals surface area (Å²) in [6.07, 6.45) is 1.60. The summed E-state index contributed by atoms with van der Waals surface area (Å²) in [5.74, 6) is -0.482. The predicted octanol–water partition coefficient (Wildman–Crippen LogP) is 0.607. The summed E-state index contributed by atoms with van der Waals surface area (Å²) in [5.41, 5.74) is -0.731. The van der Waals surface area contributed by atoms with Gasteiger partial charge in [0.25, 0.3) is 0 Å². The van der Waals surface area contributed by atoms with Gasteiger partial charge in [0.1, 0.15) is 17.6 Å². The molecule has 1 saturated heterocycles. The van der Waals surface area contributed by atoms with Gasteiger partial charge in [-0.25, -0.2) is 4.79 Å². The first kappa shape index (κ1) is 13.1. The molecule has 0 aliphatic carbocycles. The van der Waals surface area contributed by atoms with Crippen molar-refractivity contribution in [1.29, 1.82) is 0 Å². The highest BCUT2D eigenvalue weighted by Gasteiger charge is 2.38. The summed E-state index contributed by atoms with van der Waals surface area (Å²) in [7, 11) is 0. The molecule has 2 rings (SSSR count). The zero-order valence-electron chi connectivity index (χ0n) is 10.2. The number of aliphatic hydroxyl groups is 1. The number of carboxylic acid groups (broad SMARTS) is 1. The Kier molecular flexibility index (Phi) is 3.70. The van der Waals surface area contributed by atoms with Crippen LogP contribution in [0.1, 0.15) is 29.5 Å². The molecule has 100 valence electrons. The van der Waals surface area contributed by atoms with Crippen LogP contribution in [0.2, 0.25) is 0 Å². The quantitative estimate of drug-likeness (QED) is 0.714. The summed E-state index contributed by atoms with van der Waals surface area (Å²) in [4.78, 5) is 10.7. The van der Waals surface area contributed by atoms with E-state index >= 15 is 0 Å². The second-order valence-corrected chi connectivity index (χ2v) is 4.58. The van der Waals surface area contributed by atoms with Crippen LogP contribution in [0.3, 0.4) is 0 Å². The molecule has 2 atom stereocenters. The SMILES string of the molecule is CC1OCCC1(O)CNCc1cc(C(=O)O)co1. The largest absolute Gasteiger partial charge is 0.478 e. The molecule has 0 amide bonds. The smallest absolute Gasteiger partial charge is 0.338 e. The standard InChI is InChI=1S/C12H17NO5/c1-8-12(16,2-3-17-8)7-13-5-10-4-9(6-18-10)11(14)15/h4,6,8,13,16H,2-3,5,7H2,1H3,(H,14,15). The highest BCUT2D eigenvalue weighted by Crippen LogP contribution is 2.24. The molecule has 2 unspecified atom stereocenters. The number of furan rings is 1. The average molecular weight is 255 g/mol. The number of aromatic carboxylic acids is 1. The maximum absolute atomic E-state index is 10.7. The number of carbonyl (C=O) groups is 1. The maximum atomic E-state index is 10.7. The molecule has 6 heteroatoms. The second-order valence-electron chi connectivity index (χ2n) is 4.58. The van der Waals surface area contributed by atoms with Crippen LogP contribution in [0.15, 0.2) is 16.7 Å². The van der Waals surface area contributed by atoms with Crippen molar-refractivity contribution in [2.75, 3.05) is 13.2 Å². The highest BCUT2D eigenvalue weighted by molar-refractivity contribution is 5.87. The molecule has 3 N–H and O–H groups in total. The molecule has 0 saturated carbocycles. The first-order valence-electron chi connectivity index (χ1n) is 5.87. The van der Waals surface area contributed by atoms with Gasteiger partial charge in [0, 0.05) is 19.6 Å². The lowest BCUT2D eigenvalue weighted by molar-refractivity contribution is -0.0264. The van der Waals surface area contributed by atoms with Gasteiger partial charge in [-0.05, 0) is 13.0 Å². The molecular weight excluding hydrogens is 238 g/mol. The molecule has 1 fully saturated rings. The Labute approximate surface area is 105 Å². The Morgan fingerprint density at radius 1 is 1.67 bits per heavy atom. The molecule has 18 heavy (non-hydrogen) atoms. The molecule has 1 aromatic rings. The summed E-state index contributed by atoms with van der Waals surface area (Å²) in [6, 6.07) is 1.47. The van der Waals surface area contributed by atoms with Crippen molar-refractivity contribution in [3.05, 3.63) is 23.7 Å². The van der Waals surface area contributed by atoms with Gasteiger partial charge in [-0.2, -0.15) is 0 Å². The van der Waals surface area contributed by atoms with Gasteiger partial charge in [0.15, 0.2) is 0 Å². The van der Waals surface area contributed by atoms with E-state index in [1.165, 1.54) is 12.3 Å². The van der Waals surface area contributed by atoms with Crippen LogP contribution in [-0.2, 0) is 11.3 Å². The Morgan fingerprint density at radius 3 is 3.00 bits per heavy atom. The predicted molar refractivity (Wildman–Crippen MR) is 62.4 cm³/mol. The van der Waals surface area contributed by atoms with Crippen molar-refractivity contribution in [1.82, 2.24) is 5.32 Å². The first-order valence-corrected chi connectivity index (χ1v) is 5.87. The number of carboxylic acids is 1. The van der Waals surface area contributed by atoms with Crippen molar-refractivity contribution in [2.24, 2.45) is 0 Å². The third-order valence-corrected chi connectivity index (χ3v) is 3.29. The fourth-order valence-corrected chi connectivity index (χ4v) is 1.99. The number of hydrogen-bond acceptors (Lipinski definition) is 5. The van der Waals surface area contributed by atoms with E-state index in [9.17, 15) is 9.90 Å². The van der Waals surface area contributed by atoms with E-state index in [0.717, 1.165) is 0 Å².